The van der Waals surface area contributed by atoms with Crippen molar-refractivity contribution < 1.29 is 5.11 Å². The predicted octanol–water partition coefficient (Wildman–Crippen LogP) is 1.33. The van der Waals surface area contributed by atoms with Gasteiger partial charge in [0.25, 0.3) is 0 Å². The van der Waals surface area contributed by atoms with Crippen LogP contribution in [0, 0.1) is 6.92 Å². The molecule has 0 aromatic heterocycles. The van der Waals surface area contributed by atoms with Crippen LogP contribution >= 0.6 is 11.6 Å². The fourth-order valence-corrected chi connectivity index (χ4v) is 2.62. The Balaban J connectivity index is 2.39. The van der Waals surface area contributed by atoms with E-state index in [2.05, 4.69) is 4.90 Å². The minimum absolute atomic E-state index is 0.0668. The maximum absolute atomic E-state index is 9.86. The summed E-state index contributed by atoms with van der Waals surface area (Å²) in [5.41, 5.74) is 8.97. The van der Waals surface area contributed by atoms with Crippen molar-refractivity contribution in [1.82, 2.24) is 0 Å². The van der Waals surface area contributed by atoms with E-state index in [0.717, 1.165) is 22.7 Å². The molecule has 0 saturated carbocycles. The molecule has 0 spiro atoms. The molecule has 2 rings (SSSR count). The van der Waals surface area contributed by atoms with Crippen LogP contribution in [0.15, 0.2) is 12.1 Å². The number of anilines is 1. The Morgan fingerprint density at radius 3 is 2.94 bits per heavy atom. The summed E-state index contributed by atoms with van der Waals surface area (Å²) in [5, 5.41) is 10.6. The Labute approximate surface area is 101 Å². The number of rotatable bonds is 2. The number of likely N-dealkylation sites (N-methyl/N-ethyl adjacent to an activating group) is 1. The van der Waals surface area contributed by atoms with Gasteiger partial charge in [-0.2, -0.15) is 0 Å². The number of hydrogen-bond donors (Lipinski definition) is 2. The van der Waals surface area contributed by atoms with Crippen LogP contribution in [0.25, 0.3) is 0 Å². The summed E-state index contributed by atoms with van der Waals surface area (Å²) in [6, 6.07) is 4.02. The normalized spacial score (nSPS) is 21.1. The standard InChI is InChI=1S/C12H17ClN2O/c1-7-9(13)4-3-8-5-10(11(16)6-14)15(2)12(7)8/h3-4,10-11,16H,5-6,14H2,1-2H3. The SMILES string of the molecule is Cc1c(Cl)ccc2c1N(C)C(C(O)CN)C2. The number of aliphatic hydroxyl groups excluding tert-OH is 1. The zero-order chi connectivity index (χ0) is 11.9. The summed E-state index contributed by atoms with van der Waals surface area (Å²) in [7, 11) is 1.98. The third kappa shape index (κ3) is 1.69. The fraction of sp³-hybridized carbons (Fsp3) is 0.500. The van der Waals surface area contributed by atoms with Crippen LogP contribution in [0.1, 0.15) is 11.1 Å². The van der Waals surface area contributed by atoms with Gasteiger partial charge in [-0.1, -0.05) is 17.7 Å². The van der Waals surface area contributed by atoms with Crippen molar-refractivity contribution in [2.45, 2.75) is 25.5 Å². The fourth-order valence-electron chi connectivity index (χ4n) is 2.47. The van der Waals surface area contributed by atoms with Gasteiger partial charge in [0.1, 0.15) is 0 Å². The molecule has 2 atom stereocenters. The van der Waals surface area contributed by atoms with E-state index in [1.807, 2.05) is 26.1 Å². The van der Waals surface area contributed by atoms with Gasteiger partial charge in [0.05, 0.1) is 12.1 Å². The van der Waals surface area contributed by atoms with Crippen LogP contribution in [0.4, 0.5) is 5.69 Å². The van der Waals surface area contributed by atoms with Crippen molar-refractivity contribution in [3.8, 4) is 0 Å². The van der Waals surface area contributed by atoms with E-state index in [0.29, 0.717) is 0 Å². The molecule has 3 nitrogen and oxygen atoms in total. The molecule has 0 bridgehead atoms. The Morgan fingerprint density at radius 1 is 1.62 bits per heavy atom. The lowest BCUT2D eigenvalue weighted by molar-refractivity contribution is 0.153. The highest BCUT2D eigenvalue weighted by molar-refractivity contribution is 6.31. The molecule has 0 fully saturated rings. The van der Waals surface area contributed by atoms with E-state index in [4.69, 9.17) is 17.3 Å². The molecule has 1 aromatic carbocycles. The van der Waals surface area contributed by atoms with E-state index in [1.165, 1.54) is 5.56 Å². The zero-order valence-electron chi connectivity index (χ0n) is 9.57. The molecule has 1 aromatic rings. The maximum Gasteiger partial charge on any atom is 0.0868 e. The van der Waals surface area contributed by atoms with Gasteiger partial charge in [-0.3, -0.25) is 0 Å². The minimum Gasteiger partial charge on any atom is -0.390 e. The number of fused-ring (bicyclic) bond motifs is 1. The third-order valence-electron chi connectivity index (χ3n) is 3.41. The van der Waals surface area contributed by atoms with Gasteiger partial charge in [-0.15, -0.1) is 0 Å². The van der Waals surface area contributed by atoms with Gasteiger partial charge in [0.2, 0.25) is 0 Å². The van der Waals surface area contributed by atoms with Crippen molar-refractivity contribution in [2.75, 3.05) is 18.5 Å². The molecule has 0 saturated heterocycles. The van der Waals surface area contributed by atoms with E-state index >= 15 is 0 Å². The average molecular weight is 241 g/mol. The van der Waals surface area contributed by atoms with Crippen molar-refractivity contribution in [1.29, 1.82) is 0 Å². The first-order valence-corrected chi connectivity index (χ1v) is 5.83. The number of nitrogens with zero attached hydrogens (tertiary/aromatic N) is 1. The second kappa shape index (κ2) is 4.24. The summed E-state index contributed by atoms with van der Waals surface area (Å²) in [5.74, 6) is 0. The van der Waals surface area contributed by atoms with E-state index in [9.17, 15) is 5.11 Å². The Hall–Kier alpha value is -0.770. The Bertz CT molecular complexity index is 408. The summed E-state index contributed by atoms with van der Waals surface area (Å²) >= 11 is 6.10. The summed E-state index contributed by atoms with van der Waals surface area (Å²) in [6.07, 6.45) is 0.345. The van der Waals surface area contributed by atoms with E-state index < -0.39 is 6.10 Å². The molecule has 1 aliphatic rings. The number of benzene rings is 1. The maximum atomic E-state index is 9.86. The van der Waals surface area contributed by atoms with Gasteiger partial charge in [0, 0.05) is 24.3 Å². The first kappa shape index (κ1) is 11.7. The Kier molecular flexibility index (Phi) is 3.10. The molecule has 2 unspecified atom stereocenters. The molecule has 16 heavy (non-hydrogen) atoms. The summed E-state index contributed by atoms with van der Waals surface area (Å²) < 4.78 is 0. The highest BCUT2D eigenvalue weighted by Gasteiger charge is 2.32. The molecular formula is C12H17ClN2O. The summed E-state index contributed by atoms with van der Waals surface area (Å²) in [4.78, 5) is 2.09. The molecule has 3 N–H and O–H groups in total. The minimum atomic E-state index is -0.490. The topological polar surface area (TPSA) is 49.5 Å². The quantitative estimate of drug-likeness (QED) is 0.820. The third-order valence-corrected chi connectivity index (χ3v) is 3.82. The molecule has 4 heteroatoms. The van der Waals surface area contributed by atoms with Gasteiger partial charge >= 0.3 is 0 Å². The van der Waals surface area contributed by atoms with Crippen molar-refractivity contribution >= 4 is 17.3 Å². The van der Waals surface area contributed by atoms with Gasteiger partial charge < -0.3 is 15.7 Å². The van der Waals surface area contributed by atoms with Crippen LogP contribution in [0.2, 0.25) is 5.02 Å². The molecule has 0 aliphatic carbocycles. The monoisotopic (exact) mass is 240 g/mol. The number of aliphatic hydroxyl groups is 1. The number of hydrogen-bond acceptors (Lipinski definition) is 3. The summed E-state index contributed by atoms with van der Waals surface area (Å²) in [6.45, 7) is 2.30. The van der Waals surface area contributed by atoms with Gasteiger partial charge in [-0.05, 0) is 30.5 Å². The first-order chi connectivity index (χ1) is 7.56. The van der Waals surface area contributed by atoms with Crippen LogP contribution in [0.5, 0.6) is 0 Å². The molecule has 0 radical (unpaired) electrons. The van der Waals surface area contributed by atoms with Crippen LogP contribution in [-0.4, -0.2) is 30.8 Å². The zero-order valence-corrected chi connectivity index (χ0v) is 10.3. The largest absolute Gasteiger partial charge is 0.390 e. The first-order valence-electron chi connectivity index (χ1n) is 5.45. The molecular weight excluding hydrogens is 224 g/mol. The smallest absolute Gasteiger partial charge is 0.0868 e. The highest BCUT2D eigenvalue weighted by atomic mass is 35.5. The molecule has 88 valence electrons. The molecule has 1 heterocycles. The molecule has 1 aliphatic heterocycles. The van der Waals surface area contributed by atoms with Crippen LogP contribution in [-0.2, 0) is 6.42 Å². The lowest BCUT2D eigenvalue weighted by atomic mass is 10.0. The lowest BCUT2D eigenvalue weighted by Gasteiger charge is -2.27. The van der Waals surface area contributed by atoms with Gasteiger partial charge in [0.15, 0.2) is 0 Å². The highest BCUT2D eigenvalue weighted by Crippen LogP contribution is 2.38. The van der Waals surface area contributed by atoms with Crippen LogP contribution < -0.4 is 10.6 Å². The van der Waals surface area contributed by atoms with E-state index in [1.54, 1.807) is 0 Å². The van der Waals surface area contributed by atoms with Crippen molar-refractivity contribution in [2.24, 2.45) is 5.73 Å². The van der Waals surface area contributed by atoms with Crippen LogP contribution in [0.3, 0.4) is 0 Å². The second-order valence-corrected chi connectivity index (χ2v) is 4.77. The van der Waals surface area contributed by atoms with Gasteiger partial charge in [-0.25, -0.2) is 0 Å². The second-order valence-electron chi connectivity index (χ2n) is 4.37. The predicted molar refractivity (Wildman–Crippen MR) is 67.1 cm³/mol. The lowest BCUT2D eigenvalue weighted by Crippen LogP contribution is -2.43. The number of nitrogens with two attached hydrogens (primary N) is 1. The van der Waals surface area contributed by atoms with Crippen molar-refractivity contribution in [3.05, 3.63) is 28.3 Å². The number of halogens is 1. The van der Waals surface area contributed by atoms with E-state index in [-0.39, 0.29) is 12.6 Å². The van der Waals surface area contributed by atoms with Crippen molar-refractivity contribution in [3.63, 3.8) is 0 Å². The Morgan fingerprint density at radius 2 is 2.31 bits per heavy atom. The molecule has 0 amide bonds. The average Bonchev–Trinajstić information content (AvgIpc) is 2.61.